The van der Waals surface area contributed by atoms with Crippen molar-refractivity contribution in [1.82, 2.24) is 20.3 Å². The second-order valence-corrected chi connectivity index (χ2v) is 11.7. The number of benzene rings is 1. The zero-order valence-electron chi connectivity index (χ0n) is 25.9. The van der Waals surface area contributed by atoms with Crippen LogP contribution in [0.3, 0.4) is 0 Å². The minimum absolute atomic E-state index is 0.335. The predicted molar refractivity (Wildman–Crippen MR) is 160 cm³/mol. The van der Waals surface area contributed by atoms with Crippen LogP contribution in [0, 0.1) is 0 Å². The summed E-state index contributed by atoms with van der Waals surface area (Å²) in [6.07, 6.45) is 0.411. The lowest BCUT2D eigenvalue weighted by Crippen LogP contribution is -2.64. The molecule has 15 heteroatoms. The lowest BCUT2D eigenvalue weighted by Gasteiger charge is -2.45. The number of hydrogen-bond donors (Lipinski definition) is 1. The van der Waals surface area contributed by atoms with Crippen LogP contribution in [0.2, 0.25) is 0 Å². The molecule has 1 N–H and O–H groups in total. The Hall–Kier alpha value is -4.79. The number of nitrogens with zero attached hydrogens (tertiary/aromatic N) is 4. The normalized spacial score (nSPS) is 23.7. The quantitative estimate of drug-likeness (QED) is 0.224. The van der Waals surface area contributed by atoms with Gasteiger partial charge in [-0.2, -0.15) is 0 Å². The zero-order valence-corrected chi connectivity index (χ0v) is 25.9. The molecule has 0 saturated carbocycles. The van der Waals surface area contributed by atoms with Crippen LogP contribution in [0.5, 0.6) is 0 Å². The number of rotatable bonds is 7. The highest BCUT2D eigenvalue weighted by molar-refractivity contribution is 5.97. The first-order valence-corrected chi connectivity index (χ1v) is 15.2. The van der Waals surface area contributed by atoms with Crippen LogP contribution in [-0.4, -0.2) is 82.9 Å². The number of esters is 3. The third-order valence-electron chi connectivity index (χ3n) is 8.36. The van der Waals surface area contributed by atoms with Gasteiger partial charge < -0.3 is 33.6 Å². The maximum atomic E-state index is 12.9. The van der Waals surface area contributed by atoms with E-state index in [1.165, 1.54) is 44.0 Å². The average molecular weight is 638 g/mol. The van der Waals surface area contributed by atoms with Crippen molar-refractivity contribution in [3.63, 3.8) is 0 Å². The minimum Gasteiger partial charge on any atom is -0.463 e. The molecule has 3 aliphatic rings. The summed E-state index contributed by atoms with van der Waals surface area (Å²) < 4.78 is 29.6. The molecular formula is C31H35N5O10. The van der Waals surface area contributed by atoms with Gasteiger partial charge in [-0.3, -0.25) is 19.2 Å². The summed E-state index contributed by atoms with van der Waals surface area (Å²) in [5.74, 6) is -2.52. The SMILES string of the molecule is CC(=O)N[C@@H]1[C@@H](OC(C)=O)[C@H](OC(C)=O)[C@@H](COC(C)=O)O[C@H]1n1cc(-c2cc(=O)oc3c4c5c(cc23)CCCN5CCC4)nn1. The fourth-order valence-electron chi connectivity index (χ4n) is 6.74. The largest absolute Gasteiger partial charge is 0.463 e. The summed E-state index contributed by atoms with van der Waals surface area (Å²) in [7, 11) is 0. The van der Waals surface area contributed by atoms with Gasteiger partial charge in [0.05, 0.1) is 6.20 Å². The molecule has 0 unspecified atom stereocenters. The fourth-order valence-corrected chi connectivity index (χ4v) is 6.74. The molecule has 244 valence electrons. The number of ether oxygens (including phenoxy) is 4. The van der Waals surface area contributed by atoms with Crippen molar-refractivity contribution >= 4 is 40.5 Å². The summed E-state index contributed by atoms with van der Waals surface area (Å²) in [5.41, 5.74) is 4.19. The molecule has 1 amide bonds. The topological polar surface area (TPSA) is 181 Å². The predicted octanol–water partition coefficient (Wildman–Crippen LogP) is 1.58. The Bertz CT molecular complexity index is 1760. The molecular weight excluding hydrogens is 602 g/mol. The van der Waals surface area contributed by atoms with Crippen LogP contribution in [0.1, 0.15) is 57.9 Å². The summed E-state index contributed by atoms with van der Waals surface area (Å²) in [6.45, 7) is 6.39. The van der Waals surface area contributed by atoms with Gasteiger partial charge in [0.25, 0.3) is 0 Å². The first kappa shape index (κ1) is 31.2. The Labute approximate surface area is 263 Å². The molecule has 5 heterocycles. The number of carbonyl (C=O) groups excluding carboxylic acids is 4. The van der Waals surface area contributed by atoms with Crippen LogP contribution < -0.4 is 15.8 Å². The Kier molecular flexibility index (Phi) is 8.51. The Balaban J connectivity index is 1.44. The van der Waals surface area contributed by atoms with Crippen LogP contribution >= 0.6 is 0 Å². The molecule has 0 aliphatic carbocycles. The maximum Gasteiger partial charge on any atom is 0.336 e. The smallest absolute Gasteiger partial charge is 0.336 e. The lowest BCUT2D eigenvalue weighted by molar-refractivity contribution is -0.239. The molecule has 0 bridgehead atoms. The van der Waals surface area contributed by atoms with Crippen molar-refractivity contribution < 1.29 is 42.5 Å². The number of aryl methyl sites for hydroxylation is 2. The average Bonchev–Trinajstić information content (AvgIpc) is 3.48. The van der Waals surface area contributed by atoms with E-state index in [1.807, 2.05) is 0 Å². The molecule has 1 saturated heterocycles. The van der Waals surface area contributed by atoms with Crippen molar-refractivity contribution in [3.05, 3.63) is 39.9 Å². The van der Waals surface area contributed by atoms with Crippen molar-refractivity contribution in [2.24, 2.45) is 0 Å². The molecule has 3 aliphatic heterocycles. The van der Waals surface area contributed by atoms with Crippen LogP contribution in [0.15, 0.2) is 27.5 Å². The Morgan fingerprint density at radius 2 is 1.70 bits per heavy atom. The molecule has 1 fully saturated rings. The second-order valence-electron chi connectivity index (χ2n) is 11.7. The molecule has 0 radical (unpaired) electrons. The second kappa shape index (κ2) is 12.5. The molecule has 0 spiro atoms. The number of hydrogen-bond acceptors (Lipinski definition) is 13. The van der Waals surface area contributed by atoms with E-state index < -0.39 is 60.0 Å². The molecule has 3 aromatic rings. The molecule has 6 rings (SSSR count). The first-order valence-electron chi connectivity index (χ1n) is 15.2. The van der Waals surface area contributed by atoms with Gasteiger partial charge in [0.15, 0.2) is 18.4 Å². The van der Waals surface area contributed by atoms with E-state index in [1.54, 1.807) is 6.20 Å². The summed E-state index contributed by atoms with van der Waals surface area (Å²) in [4.78, 5) is 63.7. The maximum absolute atomic E-state index is 12.9. The van der Waals surface area contributed by atoms with Gasteiger partial charge in [0, 0.05) is 69.1 Å². The van der Waals surface area contributed by atoms with Crippen molar-refractivity contribution in [2.75, 3.05) is 24.6 Å². The van der Waals surface area contributed by atoms with E-state index in [2.05, 4.69) is 26.6 Å². The molecule has 15 nitrogen and oxygen atoms in total. The number of anilines is 1. The first-order chi connectivity index (χ1) is 22.0. The molecule has 46 heavy (non-hydrogen) atoms. The minimum atomic E-state index is -1.26. The van der Waals surface area contributed by atoms with Gasteiger partial charge >= 0.3 is 23.5 Å². The van der Waals surface area contributed by atoms with Gasteiger partial charge in [-0.1, -0.05) is 5.21 Å². The summed E-state index contributed by atoms with van der Waals surface area (Å²) in [5, 5.41) is 12.1. The highest BCUT2D eigenvalue weighted by Gasteiger charge is 2.52. The van der Waals surface area contributed by atoms with E-state index in [0.29, 0.717) is 16.8 Å². The zero-order chi connectivity index (χ0) is 32.7. The number of carbonyl (C=O) groups is 4. The fraction of sp³-hybridized carbons (Fsp3) is 0.516. The van der Waals surface area contributed by atoms with Crippen molar-refractivity contribution in [1.29, 1.82) is 0 Å². The van der Waals surface area contributed by atoms with E-state index >= 15 is 0 Å². The standard InChI is InChI=1S/C31H35N5O10/c1-15(37)32-26-30(44-18(4)40)29(43-17(3)39)24(14-42-16(2)38)45-31(26)36-13-23(33-34-36)21-12-25(41)46-28-20-8-6-10-35-9-5-7-19(27(20)35)11-22(21)28/h11-13,24,26,29-31H,5-10,14H2,1-4H3,(H,32,37)/t24-,26-,29-,30-,31-/m1/s1. The monoisotopic (exact) mass is 637 g/mol. The van der Waals surface area contributed by atoms with E-state index in [9.17, 15) is 24.0 Å². The van der Waals surface area contributed by atoms with Crippen LogP contribution in [-0.2, 0) is 51.0 Å². The van der Waals surface area contributed by atoms with Gasteiger partial charge in [-0.25, -0.2) is 9.48 Å². The van der Waals surface area contributed by atoms with Crippen molar-refractivity contribution in [3.8, 4) is 11.3 Å². The van der Waals surface area contributed by atoms with Gasteiger partial charge in [0.2, 0.25) is 5.91 Å². The lowest BCUT2D eigenvalue weighted by atomic mass is 9.89. The van der Waals surface area contributed by atoms with Gasteiger partial charge in [0.1, 0.15) is 30.0 Å². The number of amides is 1. The summed E-state index contributed by atoms with van der Waals surface area (Å²) >= 11 is 0. The number of nitrogens with one attached hydrogen (secondary N) is 1. The van der Waals surface area contributed by atoms with E-state index in [-0.39, 0.29) is 6.61 Å². The number of aromatic nitrogens is 3. The van der Waals surface area contributed by atoms with E-state index in [4.69, 9.17) is 23.4 Å². The molecule has 5 atom stereocenters. The highest BCUT2D eigenvalue weighted by Crippen LogP contribution is 2.42. The Morgan fingerprint density at radius 1 is 0.978 bits per heavy atom. The van der Waals surface area contributed by atoms with Gasteiger partial charge in [-0.05, 0) is 37.3 Å². The summed E-state index contributed by atoms with van der Waals surface area (Å²) in [6, 6.07) is 2.30. The third kappa shape index (κ3) is 6.06. The van der Waals surface area contributed by atoms with E-state index in [0.717, 1.165) is 55.4 Å². The molecule has 2 aromatic heterocycles. The Morgan fingerprint density at radius 3 is 2.39 bits per heavy atom. The third-order valence-corrected chi connectivity index (χ3v) is 8.36. The van der Waals surface area contributed by atoms with Crippen molar-refractivity contribution in [2.45, 2.75) is 84.0 Å². The van der Waals surface area contributed by atoms with Gasteiger partial charge in [-0.15, -0.1) is 5.10 Å². The number of fused-ring (bicyclic) bond motifs is 2. The highest BCUT2D eigenvalue weighted by atomic mass is 16.6. The van der Waals surface area contributed by atoms with Crippen LogP contribution in [0.25, 0.3) is 22.2 Å². The molecule has 1 aromatic carbocycles. The van der Waals surface area contributed by atoms with Crippen LogP contribution in [0.4, 0.5) is 5.69 Å².